The summed E-state index contributed by atoms with van der Waals surface area (Å²) < 4.78 is 0. The number of fused-ring (bicyclic) bond motifs is 1. The minimum Gasteiger partial charge on any atom is -0.346 e. The van der Waals surface area contributed by atoms with Crippen LogP contribution in [0, 0.1) is 5.92 Å². The molecule has 19 heavy (non-hydrogen) atoms. The molecule has 1 saturated carbocycles. The number of rotatable bonds is 3. The molecule has 0 aromatic carbocycles. The molecule has 0 aliphatic heterocycles. The molecule has 3 aromatic rings. The van der Waals surface area contributed by atoms with Crippen LogP contribution in [0.4, 0.5) is 0 Å². The molecule has 0 bridgehead atoms. The number of nitrogens with zero attached hydrogens (tertiary/aromatic N) is 2. The fourth-order valence-corrected chi connectivity index (χ4v) is 2.83. The van der Waals surface area contributed by atoms with E-state index in [4.69, 9.17) is 0 Å². The second kappa shape index (κ2) is 4.23. The summed E-state index contributed by atoms with van der Waals surface area (Å²) in [5.74, 6) is 0.871. The zero-order chi connectivity index (χ0) is 12.7. The van der Waals surface area contributed by atoms with Gasteiger partial charge in [-0.25, -0.2) is 4.98 Å². The van der Waals surface area contributed by atoms with Crippen molar-refractivity contribution in [2.45, 2.75) is 25.7 Å². The van der Waals surface area contributed by atoms with Crippen LogP contribution in [0.2, 0.25) is 0 Å². The fourth-order valence-electron chi connectivity index (χ4n) is 2.83. The van der Waals surface area contributed by atoms with Crippen LogP contribution in [-0.2, 0) is 6.42 Å². The third kappa shape index (κ3) is 1.84. The van der Waals surface area contributed by atoms with Gasteiger partial charge >= 0.3 is 0 Å². The fraction of sp³-hybridized carbons (Fsp3) is 0.333. The molecule has 1 fully saturated rings. The van der Waals surface area contributed by atoms with E-state index in [-0.39, 0.29) is 0 Å². The Kier molecular flexibility index (Phi) is 2.40. The van der Waals surface area contributed by atoms with E-state index < -0.39 is 0 Å². The van der Waals surface area contributed by atoms with Gasteiger partial charge in [-0.3, -0.25) is 5.10 Å². The molecule has 0 spiro atoms. The van der Waals surface area contributed by atoms with E-state index in [2.05, 4.69) is 26.2 Å². The van der Waals surface area contributed by atoms with Crippen molar-refractivity contribution in [3.05, 3.63) is 36.4 Å². The minimum absolute atomic E-state index is 0.871. The van der Waals surface area contributed by atoms with Gasteiger partial charge in [-0.2, -0.15) is 5.10 Å². The molecule has 0 atom stereocenters. The van der Waals surface area contributed by atoms with E-state index in [1.807, 2.05) is 24.8 Å². The van der Waals surface area contributed by atoms with Gasteiger partial charge in [0, 0.05) is 35.1 Å². The van der Waals surface area contributed by atoms with Gasteiger partial charge in [-0.05, 0) is 24.0 Å². The van der Waals surface area contributed by atoms with Crippen molar-refractivity contribution in [3.8, 4) is 11.1 Å². The summed E-state index contributed by atoms with van der Waals surface area (Å²) in [5, 5.41) is 8.08. The van der Waals surface area contributed by atoms with Crippen LogP contribution in [-0.4, -0.2) is 20.2 Å². The van der Waals surface area contributed by atoms with Crippen molar-refractivity contribution in [2.24, 2.45) is 5.92 Å². The first kappa shape index (κ1) is 10.8. The van der Waals surface area contributed by atoms with Crippen LogP contribution in [0.1, 0.15) is 24.8 Å². The maximum absolute atomic E-state index is 4.54. The van der Waals surface area contributed by atoms with Gasteiger partial charge in [-0.1, -0.05) is 19.3 Å². The molecule has 4 heteroatoms. The minimum atomic E-state index is 0.871. The summed E-state index contributed by atoms with van der Waals surface area (Å²) >= 11 is 0. The third-order valence-corrected chi connectivity index (χ3v) is 4.15. The number of pyridine rings is 1. The summed E-state index contributed by atoms with van der Waals surface area (Å²) in [6, 6.07) is 2.28. The Morgan fingerprint density at radius 1 is 1.21 bits per heavy atom. The average Bonchev–Trinajstić information content (AvgIpc) is 3.01. The lowest BCUT2D eigenvalue weighted by Gasteiger charge is -2.25. The van der Waals surface area contributed by atoms with Crippen molar-refractivity contribution in [3.63, 3.8) is 0 Å². The van der Waals surface area contributed by atoms with Gasteiger partial charge in [0.15, 0.2) is 0 Å². The van der Waals surface area contributed by atoms with Crippen molar-refractivity contribution in [1.29, 1.82) is 0 Å². The van der Waals surface area contributed by atoms with Gasteiger partial charge in [0.05, 0.1) is 6.20 Å². The summed E-state index contributed by atoms with van der Waals surface area (Å²) in [6.45, 7) is 0. The predicted octanol–water partition coefficient (Wildman–Crippen LogP) is 3.30. The van der Waals surface area contributed by atoms with Crippen LogP contribution in [0.25, 0.3) is 22.2 Å². The lowest BCUT2D eigenvalue weighted by Crippen LogP contribution is -2.13. The number of nitrogens with one attached hydrogen (secondary N) is 2. The highest BCUT2D eigenvalue weighted by atomic mass is 15.1. The van der Waals surface area contributed by atoms with Crippen molar-refractivity contribution in [2.75, 3.05) is 0 Å². The highest BCUT2D eigenvalue weighted by Crippen LogP contribution is 2.32. The number of hydrogen-bond acceptors (Lipinski definition) is 2. The van der Waals surface area contributed by atoms with Crippen molar-refractivity contribution in [1.82, 2.24) is 20.2 Å². The van der Waals surface area contributed by atoms with E-state index in [1.165, 1.54) is 42.2 Å². The lowest BCUT2D eigenvalue weighted by atomic mass is 9.81. The number of aromatic amines is 2. The lowest BCUT2D eigenvalue weighted by molar-refractivity contribution is 0.314. The first-order chi connectivity index (χ1) is 9.40. The number of H-pyrrole nitrogens is 2. The Balaban J connectivity index is 1.76. The molecule has 3 heterocycles. The Hall–Kier alpha value is -2.10. The molecule has 3 aromatic heterocycles. The topological polar surface area (TPSA) is 57.4 Å². The normalized spacial score (nSPS) is 15.8. The second-order valence-electron chi connectivity index (χ2n) is 5.43. The highest BCUT2D eigenvalue weighted by molar-refractivity contribution is 5.93. The van der Waals surface area contributed by atoms with E-state index in [0.29, 0.717) is 0 Å². The standard InChI is InChI=1S/C15H16N4/c1-2-10(3-1)4-11-5-13-14(12-7-18-19-8-12)9-17-15(13)16-6-11/h5-10H,1-4H2,(H,16,17)(H,18,19). The van der Waals surface area contributed by atoms with Gasteiger partial charge in [0.1, 0.15) is 5.65 Å². The predicted molar refractivity (Wildman–Crippen MR) is 74.7 cm³/mol. The van der Waals surface area contributed by atoms with E-state index in [0.717, 1.165) is 17.1 Å². The van der Waals surface area contributed by atoms with Gasteiger partial charge < -0.3 is 4.98 Å². The molecule has 4 nitrogen and oxygen atoms in total. The number of aromatic nitrogens is 4. The Bertz CT molecular complexity index is 692. The first-order valence-electron chi connectivity index (χ1n) is 6.85. The third-order valence-electron chi connectivity index (χ3n) is 4.15. The molecule has 1 aliphatic carbocycles. The van der Waals surface area contributed by atoms with Crippen LogP contribution < -0.4 is 0 Å². The van der Waals surface area contributed by atoms with E-state index >= 15 is 0 Å². The Labute approximate surface area is 111 Å². The summed E-state index contributed by atoms with van der Waals surface area (Å²) in [4.78, 5) is 7.77. The molecule has 0 amide bonds. The molecule has 0 saturated heterocycles. The number of hydrogen-bond donors (Lipinski definition) is 2. The molecule has 0 unspecified atom stereocenters. The smallest absolute Gasteiger partial charge is 0.137 e. The largest absolute Gasteiger partial charge is 0.346 e. The maximum atomic E-state index is 4.54. The SMILES string of the molecule is c1nc2[nH]cc(-c3cn[nH]c3)c2cc1CC1CCC1. The first-order valence-corrected chi connectivity index (χ1v) is 6.85. The zero-order valence-corrected chi connectivity index (χ0v) is 10.7. The zero-order valence-electron chi connectivity index (χ0n) is 10.7. The van der Waals surface area contributed by atoms with Crippen LogP contribution in [0.5, 0.6) is 0 Å². The summed E-state index contributed by atoms with van der Waals surface area (Å²) in [7, 11) is 0. The average molecular weight is 252 g/mol. The van der Waals surface area contributed by atoms with Gasteiger partial charge in [0.2, 0.25) is 0 Å². The molecule has 4 rings (SSSR count). The Morgan fingerprint density at radius 3 is 2.89 bits per heavy atom. The van der Waals surface area contributed by atoms with Gasteiger partial charge in [0.25, 0.3) is 0 Å². The van der Waals surface area contributed by atoms with E-state index in [1.54, 1.807) is 0 Å². The molecule has 0 radical (unpaired) electrons. The van der Waals surface area contributed by atoms with E-state index in [9.17, 15) is 0 Å². The summed E-state index contributed by atoms with van der Waals surface area (Å²) in [5.41, 5.74) is 4.58. The van der Waals surface area contributed by atoms with Crippen molar-refractivity contribution < 1.29 is 0 Å². The maximum Gasteiger partial charge on any atom is 0.137 e. The molecular weight excluding hydrogens is 236 g/mol. The van der Waals surface area contributed by atoms with Crippen molar-refractivity contribution >= 4 is 11.0 Å². The van der Waals surface area contributed by atoms with Crippen LogP contribution in [0.15, 0.2) is 30.9 Å². The second-order valence-corrected chi connectivity index (χ2v) is 5.43. The van der Waals surface area contributed by atoms with Crippen LogP contribution in [0.3, 0.4) is 0 Å². The summed E-state index contributed by atoms with van der Waals surface area (Å²) in [6.07, 6.45) is 13.1. The van der Waals surface area contributed by atoms with Crippen LogP contribution >= 0.6 is 0 Å². The molecule has 2 N–H and O–H groups in total. The molecule has 1 aliphatic rings. The highest BCUT2D eigenvalue weighted by Gasteiger charge is 2.18. The molecular formula is C15H16N4. The monoisotopic (exact) mass is 252 g/mol. The Morgan fingerprint density at radius 2 is 2.16 bits per heavy atom. The molecule has 96 valence electrons. The quantitative estimate of drug-likeness (QED) is 0.751. The van der Waals surface area contributed by atoms with Gasteiger partial charge in [-0.15, -0.1) is 0 Å².